The number of carbonyl (C=O) groups excluding carboxylic acids is 2. The predicted molar refractivity (Wildman–Crippen MR) is 136 cm³/mol. The number of nitrogens with one attached hydrogen (secondary N) is 1. The number of benzene rings is 3. The molecule has 0 fully saturated rings. The zero-order chi connectivity index (χ0) is 28.8. The Morgan fingerprint density at radius 1 is 1.05 bits per heavy atom. The molecule has 1 amide bonds. The van der Waals surface area contributed by atoms with Gasteiger partial charge in [-0.25, -0.2) is 0 Å². The van der Waals surface area contributed by atoms with Crippen LogP contribution in [0.5, 0.6) is 11.5 Å². The normalized spacial score (nSPS) is 17.2. The lowest BCUT2D eigenvalue weighted by molar-refractivity contribution is -0.384. The van der Waals surface area contributed by atoms with E-state index in [-0.39, 0.29) is 53.0 Å². The Morgan fingerprint density at radius 3 is 2.52 bits per heavy atom. The molecule has 10 nitrogen and oxygen atoms in total. The maximum Gasteiger partial charge on any atom is 0.471 e. The second-order valence-corrected chi connectivity index (χ2v) is 9.26. The Bertz CT molecular complexity index is 1530. The molecule has 3 aromatic rings. The molecule has 2 heterocycles. The molecule has 5 rings (SSSR count). The van der Waals surface area contributed by atoms with E-state index in [1.165, 1.54) is 43.3 Å². The fourth-order valence-corrected chi connectivity index (χ4v) is 4.78. The number of esters is 1. The molecule has 208 valence electrons. The van der Waals surface area contributed by atoms with Crippen LogP contribution < -0.4 is 19.7 Å². The highest BCUT2D eigenvalue weighted by Crippen LogP contribution is 2.47. The van der Waals surface area contributed by atoms with E-state index in [0.29, 0.717) is 16.0 Å². The van der Waals surface area contributed by atoms with Crippen molar-refractivity contribution in [1.29, 1.82) is 0 Å². The zero-order valence-corrected chi connectivity index (χ0v) is 21.2. The zero-order valence-electron chi connectivity index (χ0n) is 21.2. The van der Waals surface area contributed by atoms with Gasteiger partial charge < -0.3 is 19.5 Å². The van der Waals surface area contributed by atoms with Crippen molar-refractivity contribution in [3.05, 3.63) is 81.4 Å². The summed E-state index contributed by atoms with van der Waals surface area (Å²) in [5.41, 5.74) is 1.57. The maximum absolute atomic E-state index is 13.8. The molecular formula is C27H22F3N3O7. The van der Waals surface area contributed by atoms with E-state index in [0.717, 1.165) is 0 Å². The summed E-state index contributed by atoms with van der Waals surface area (Å²) in [6, 6.07) is 12.1. The average Bonchev–Trinajstić information content (AvgIpc) is 3.49. The van der Waals surface area contributed by atoms with Crippen LogP contribution in [-0.2, 0) is 14.3 Å². The predicted octanol–water partition coefficient (Wildman–Crippen LogP) is 5.67. The molecule has 13 heteroatoms. The van der Waals surface area contributed by atoms with E-state index in [1.54, 1.807) is 25.1 Å². The van der Waals surface area contributed by atoms with E-state index in [1.807, 2.05) is 0 Å². The first kappa shape index (κ1) is 26.8. The lowest BCUT2D eigenvalue weighted by atomic mass is 10.0. The number of anilines is 3. The Labute approximate surface area is 225 Å². The first-order valence-corrected chi connectivity index (χ1v) is 12.1. The molecule has 0 radical (unpaired) electrons. The smallest absolute Gasteiger partial charge is 0.471 e. The molecule has 40 heavy (non-hydrogen) atoms. The highest BCUT2D eigenvalue weighted by molar-refractivity contribution is 5.98. The van der Waals surface area contributed by atoms with Crippen LogP contribution >= 0.6 is 0 Å². The van der Waals surface area contributed by atoms with Gasteiger partial charge in [0.05, 0.1) is 16.7 Å². The van der Waals surface area contributed by atoms with E-state index < -0.39 is 35.1 Å². The summed E-state index contributed by atoms with van der Waals surface area (Å²) in [7, 11) is 0. The quantitative estimate of drug-likeness (QED) is 0.234. The van der Waals surface area contributed by atoms with Crippen LogP contribution in [0.2, 0.25) is 0 Å². The summed E-state index contributed by atoms with van der Waals surface area (Å²) < 4.78 is 57.9. The summed E-state index contributed by atoms with van der Waals surface area (Å²) >= 11 is 0. The van der Waals surface area contributed by atoms with Gasteiger partial charge in [-0.15, -0.1) is 0 Å². The number of nitrogens with zero attached hydrogens (tertiary/aromatic N) is 2. The summed E-state index contributed by atoms with van der Waals surface area (Å²) in [5.74, 6) is -2.31. The number of ether oxygens (including phenoxy) is 3. The van der Waals surface area contributed by atoms with Gasteiger partial charge in [-0.3, -0.25) is 24.6 Å². The molecule has 1 unspecified atom stereocenters. The SMILES string of the molecule is CC(=O)O[C@@H]1COc2cc(N(C(=O)C(F)(F)F)C3COc4c(Nc5ccc(C)cc5[N+](=O)[O-])cccc43)ccc21. The van der Waals surface area contributed by atoms with Crippen LogP contribution in [0, 0.1) is 17.0 Å². The largest absolute Gasteiger partial charge is 0.489 e. The van der Waals surface area contributed by atoms with Crippen molar-refractivity contribution in [2.75, 3.05) is 23.4 Å². The molecule has 2 aliphatic rings. The Hall–Kier alpha value is -4.81. The third-order valence-electron chi connectivity index (χ3n) is 6.50. The van der Waals surface area contributed by atoms with Gasteiger partial charge >= 0.3 is 18.1 Å². The van der Waals surface area contributed by atoms with Crippen LogP contribution in [0.1, 0.15) is 35.8 Å². The number of carbonyl (C=O) groups is 2. The van der Waals surface area contributed by atoms with Crippen molar-refractivity contribution in [3.8, 4) is 11.5 Å². The number of nitro benzene ring substituents is 1. The fraction of sp³-hybridized carbons (Fsp3) is 0.259. The lowest BCUT2D eigenvalue weighted by Crippen LogP contribution is -2.44. The van der Waals surface area contributed by atoms with E-state index in [4.69, 9.17) is 14.2 Å². The second kappa shape index (κ2) is 10.1. The number of hydrogen-bond donors (Lipinski definition) is 1. The van der Waals surface area contributed by atoms with Crippen molar-refractivity contribution in [2.24, 2.45) is 0 Å². The van der Waals surface area contributed by atoms with Crippen molar-refractivity contribution in [3.63, 3.8) is 0 Å². The number of nitro groups is 1. The van der Waals surface area contributed by atoms with Crippen molar-refractivity contribution in [2.45, 2.75) is 32.2 Å². The summed E-state index contributed by atoms with van der Waals surface area (Å²) in [4.78, 5) is 35.7. The van der Waals surface area contributed by atoms with Crippen LogP contribution in [0.3, 0.4) is 0 Å². The molecule has 0 saturated carbocycles. The lowest BCUT2D eigenvalue weighted by Gasteiger charge is -2.29. The molecule has 1 N–H and O–H groups in total. The number of halogens is 3. The van der Waals surface area contributed by atoms with Gasteiger partial charge in [-0.1, -0.05) is 18.2 Å². The monoisotopic (exact) mass is 557 g/mol. The molecule has 2 atom stereocenters. The van der Waals surface area contributed by atoms with Gasteiger partial charge in [0.15, 0.2) is 6.10 Å². The molecule has 0 aliphatic carbocycles. The maximum atomic E-state index is 13.8. The summed E-state index contributed by atoms with van der Waals surface area (Å²) in [6.45, 7) is 2.62. The minimum Gasteiger partial charge on any atom is -0.489 e. The Balaban J connectivity index is 1.52. The van der Waals surface area contributed by atoms with Crippen molar-refractivity contribution in [1.82, 2.24) is 0 Å². The number of amides is 1. The first-order valence-electron chi connectivity index (χ1n) is 12.1. The molecule has 0 aromatic heterocycles. The number of fused-ring (bicyclic) bond motifs is 2. The number of rotatable bonds is 6. The van der Waals surface area contributed by atoms with Gasteiger partial charge in [-0.2, -0.15) is 13.2 Å². The van der Waals surface area contributed by atoms with Crippen molar-refractivity contribution >= 4 is 34.6 Å². The van der Waals surface area contributed by atoms with Crippen LogP contribution in [-0.4, -0.2) is 36.2 Å². The standard InChI is InChI=1S/C27H22F3N3O7/c1-14-6-9-19(21(10-14)33(36)37)31-20-5-3-4-17-22(12-39-25(17)20)32(26(35)27(28,29)30)16-7-8-18-23(11-16)38-13-24(18)40-15(2)34/h3-11,22,24,31H,12-13H2,1-2H3/t22?,24-/m1/s1. The van der Waals surface area contributed by atoms with Gasteiger partial charge in [0.25, 0.3) is 5.69 Å². The molecule has 0 saturated heterocycles. The summed E-state index contributed by atoms with van der Waals surface area (Å²) in [6.07, 6.45) is -5.93. The highest BCUT2D eigenvalue weighted by Gasteiger charge is 2.48. The highest BCUT2D eigenvalue weighted by atomic mass is 19.4. The minimum absolute atomic E-state index is 0.0128. The number of aryl methyl sites for hydroxylation is 1. The topological polar surface area (TPSA) is 120 Å². The van der Waals surface area contributed by atoms with Gasteiger partial charge in [0.2, 0.25) is 0 Å². The van der Waals surface area contributed by atoms with Crippen LogP contribution in [0.4, 0.5) is 35.9 Å². The van der Waals surface area contributed by atoms with Gasteiger partial charge in [0, 0.05) is 35.9 Å². The third kappa shape index (κ3) is 4.97. The average molecular weight is 557 g/mol. The minimum atomic E-state index is -5.21. The van der Waals surface area contributed by atoms with E-state index in [9.17, 15) is 32.9 Å². The van der Waals surface area contributed by atoms with Crippen molar-refractivity contribution < 1.29 is 41.9 Å². The molecule has 0 spiro atoms. The second-order valence-electron chi connectivity index (χ2n) is 9.26. The number of para-hydroxylation sites is 1. The van der Waals surface area contributed by atoms with E-state index in [2.05, 4.69) is 5.32 Å². The third-order valence-corrected chi connectivity index (χ3v) is 6.50. The van der Waals surface area contributed by atoms with Gasteiger partial charge in [0.1, 0.15) is 30.4 Å². The fourth-order valence-electron chi connectivity index (χ4n) is 4.78. The van der Waals surface area contributed by atoms with Crippen LogP contribution in [0.15, 0.2) is 54.6 Å². The molecule has 3 aromatic carbocycles. The first-order chi connectivity index (χ1) is 18.9. The van der Waals surface area contributed by atoms with Crippen LogP contribution in [0.25, 0.3) is 0 Å². The Morgan fingerprint density at radius 2 is 1.82 bits per heavy atom. The van der Waals surface area contributed by atoms with E-state index >= 15 is 0 Å². The summed E-state index contributed by atoms with van der Waals surface area (Å²) in [5, 5.41) is 14.5. The molecule has 2 aliphatic heterocycles. The number of hydrogen-bond acceptors (Lipinski definition) is 8. The molecular weight excluding hydrogens is 535 g/mol. The van der Waals surface area contributed by atoms with Gasteiger partial charge in [-0.05, 0) is 36.8 Å². The molecule has 0 bridgehead atoms. The Kier molecular flexibility index (Phi) is 6.74. The number of alkyl halides is 3.